The molecule has 0 aliphatic carbocycles. The van der Waals surface area contributed by atoms with Gasteiger partial charge < -0.3 is 15.7 Å². The largest absolute Gasteiger partial charge is 0.388 e. The molecule has 0 aromatic heterocycles. The number of hydrogen-bond donors (Lipinski definition) is 3. The van der Waals surface area contributed by atoms with Crippen LogP contribution in [0.2, 0.25) is 0 Å². The van der Waals surface area contributed by atoms with E-state index >= 15 is 0 Å². The van der Waals surface area contributed by atoms with E-state index in [0.29, 0.717) is 38.3 Å². The Balaban J connectivity index is 4.60. The Morgan fingerprint density at radius 1 is 1.29 bits per heavy atom. The van der Waals surface area contributed by atoms with E-state index < -0.39 is 15.4 Å². The van der Waals surface area contributed by atoms with E-state index in [1.165, 1.54) is 6.26 Å². The van der Waals surface area contributed by atoms with E-state index in [1.54, 1.807) is 0 Å². The van der Waals surface area contributed by atoms with E-state index in [9.17, 15) is 13.5 Å². The van der Waals surface area contributed by atoms with Crippen molar-refractivity contribution in [3.8, 4) is 0 Å². The molecule has 1 atom stereocenters. The number of rotatable bonds is 9. The Bertz CT molecular complexity index is 417. The smallest absolute Gasteiger partial charge is 0.191 e. The van der Waals surface area contributed by atoms with Crippen LogP contribution in [0.4, 0.5) is 0 Å². The van der Waals surface area contributed by atoms with Gasteiger partial charge in [0, 0.05) is 18.8 Å². The lowest BCUT2D eigenvalue weighted by atomic mass is 9.98. The second kappa shape index (κ2) is 9.25. The van der Waals surface area contributed by atoms with Gasteiger partial charge in [-0.05, 0) is 33.1 Å². The molecule has 0 aliphatic rings. The molecule has 0 saturated heterocycles. The summed E-state index contributed by atoms with van der Waals surface area (Å²) >= 11 is 0. The highest BCUT2D eigenvalue weighted by Gasteiger charge is 2.21. The minimum atomic E-state index is -2.95. The zero-order valence-electron chi connectivity index (χ0n) is 13.9. The average Bonchev–Trinajstić information content (AvgIpc) is 2.42. The van der Waals surface area contributed by atoms with Gasteiger partial charge in [-0.1, -0.05) is 13.8 Å². The number of hydrogen-bond acceptors (Lipinski definition) is 4. The fourth-order valence-corrected chi connectivity index (χ4v) is 2.50. The Labute approximate surface area is 129 Å². The fourth-order valence-electron chi connectivity index (χ4n) is 1.72. The van der Waals surface area contributed by atoms with Crippen LogP contribution >= 0.6 is 0 Å². The second-order valence-corrected chi connectivity index (χ2v) is 7.85. The summed E-state index contributed by atoms with van der Waals surface area (Å²) in [5.74, 6) is 0.757. The summed E-state index contributed by atoms with van der Waals surface area (Å²) in [5.41, 5.74) is -0.779. The summed E-state index contributed by atoms with van der Waals surface area (Å²) in [6.07, 6.45) is 3.06. The molecule has 0 rings (SSSR count). The van der Waals surface area contributed by atoms with E-state index in [-0.39, 0.29) is 11.8 Å². The quantitative estimate of drug-likeness (QED) is 0.434. The highest BCUT2D eigenvalue weighted by atomic mass is 32.2. The van der Waals surface area contributed by atoms with Gasteiger partial charge in [0.2, 0.25) is 0 Å². The molecule has 21 heavy (non-hydrogen) atoms. The number of nitrogens with one attached hydrogen (secondary N) is 2. The van der Waals surface area contributed by atoms with Crippen molar-refractivity contribution in [3.63, 3.8) is 0 Å². The molecule has 0 bridgehead atoms. The topological polar surface area (TPSA) is 90.8 Å². The van der Waals surface area contributed by atoms with Gasteiger partial charge in [0.15, 0.2) is 5.96 Å². The van der Waals surface area contributed by atoms with Gasteiger partial charge in [0.1, 0.15) is 9.84 Å². The predicted octanol–water partition coefficient (Wildman–Crippen LogP) is 0.916. The van der Waals surface area contributed by atoms with Gasteiger partial charge in [0.25, 0.3) is 0 Å². The SMILES string of the molecule is CCNC(=NCC(O)(CC)CC)NC(C)CCS(C)(=O)=O. The summed E-state index contributed by atoms with van der Waals surface area (Å²) in [6, 6.07) is -0.00568. The standard InChI is InChI=1S/C14H31N3O3S/c1-6-14(18,7-2)11-16-13(15-8-3)17-12(4)9-10-21(5,19)20/h12,18H,6-11H2,1-5H3,(H2,15,16,17). The van der Waals surface area contributed by atoms with Crippen LogP contribution in [0.25, 0.3) is 0 Å². The molecule has 0 fully saturated rings. The van der Waals surface area contributed by atoms with Crippen LogP contribution < -0.4 is 10.6 Å². The first-order chi connectivity index (χ1) is 9.65. The third-order valence-corrected chi connectivity index (χ3v) is 4.47. The van der Waals surface area contributed by atoms with Gasteiger partial charge >= 0.3 is 0 Å². The maximum absolute atomic E-state index is 11.2. The number of aliphatic imine (C=N–C) groups is 1. The molecule has 6 nitrogen and oxygen atoms in total. The van der Waals surface area contributed by atoms with Crippen molar-refractivity contribution in [1.82, 2.24) is 10.6 Å². The zero-order chi connectivity index (χ0) is 16.5. The van der Waals surface area contributed by atoms with Crippen molar-refractivity contribution in [1.29, 1.82) is 0 Å². The van der Waals surface area contributed by atoms with Gasteiger partial charge in [-0.2, -0.15) is 0 Å². The van der Waals surface area contributed by atoms with Crippen molar-refractivity contribution < 1.29 is 13.5 Å². The van der Waals surface area contributed by atoms with Crippen LogP contribution in [0.5, 0.6) is 0 Å². The molecule has 0 spiro atoms. The lowest BCUT2D eigenvalue weighted by Gasteiger charge is -2.24. The number of guanidine groups is 1. The van der Waals surface area contributed by atoms with Crippen molar-refractivity contribution in [3.05, 3.63) is 0 Å². The highest BCUT2D eigenvalue weighted by molar-refractivity contribution is 7.90. The second-order valence-electron chi connectivity index (χ2n) is 5.59. The maximum Gasteiger partial charge on any atom is 0.191 e. The fraction of sp³-hybridized carbons (Fsp3) is 0.929. The molecule has 1 unspecified atom stereocenters. The Kier molecular flexibility index (Phi) is 8.89. The summed E-state index contributed by atoms with van der Waals surface area (Å²) in [5, 5.41) is 16.5. The maximum atomic E-state index is 11.2. The van der Waals surface area contributed by atoms with Crippen molar-refractivity contribution in [2.75, 3.05) is 25.1 Å². The molecular weight excluding hydrogens is 290 g/mol. The molecule has 0 aromatic rings. The first kappa shape index (κ1) is 20.2. The number of nitrogens with zero attached hydrogens (tertiary/aromatic N) is 1. The van der Waals surface area contributed by atoms with Crippen LogP contribution in [-0.2, 0) is 9.84 Å². The zero-order valence-corrected chi connectivity index (χ0v) is 14.8. The van der Waals surface area contributed by atoms with E-state index in [2.05, 4.69) is 15.6 Å². The van der Waals surface area contributed by atoms with Crippen molar-refractivity contribution in [2.24, 2.45) is 4.99 Å². The van der Waals surface area contributed by atoms with Gasteiger partial charge in [-0.25, -0.2) is 8.42 Å². The lowest BCUT2D eigenvalue weighted by molar-refractivity contribution is 0.0417. The molecule has 0 heterocycles. The van der Waals surface area contributed by atoms with Crippen LogP contribution in [-0.4, -0.2) is 56.2 Å². The molecule has 7 heteroatoms. The first-order valence-corrected chi connectivity index (χ1v) is 9.66. The molecule has 3 N–H and O–H groups in total. The van der Waals surface area contributed by atoms with Crippen LogP contribution in [0.1, 0.15) is 47.0 Å². The van der Waals surface area contributed by atoms with E-state index in [4.69, 9.17) is 0 Å². The highest BCUT2D eigenvalue weighted by Crippen LogP contribution is 2.14. The van der Waals surface area contributed by atoms with Gasteiger partial charge in [-0.3, -0.25) is 4.99 Å². The van der Waals surface area contributed by atoms with E-state index in [1.807, 2.05) is 27.7 Å². The van der Waals surface area contributed by atoms with E-state index in [0.717, 1.165) is 0 Å². The monoisotopic (exact) mass is 321 g/mol. The molecule has 0 saturated carbocycles. The summed E-state index contributed by atoms with van der Waals surface area (Å²) < 4.78 is 22.4. The molecular formula is C14H31N3O3S. The molecule has 0 radical (unpaired) electrons. The summed E-state index contributed by atoms with van der Waals surface area (Å²) in [7, 11) is -2.95. The minimum Gasteiger partial charge on any atom is -0.388 e. The van der Waals surface area contributed by atoms with Crippen LogP contribution in [0, 0.1) is 0 Å². The van der Waals surface area contributed by atoms with Crippen molar-refractivity contribution in [2.45, 2.75) is 58.6 Å². The minimum absolute atomic E-state index is 0.00568. The Morgan fingerprint density at radius 2 is 1.86 bits per heavy atom. The van der Waals surface area contributed by atoms with Crippen LogP contribution in [0.15, 0.2) is 4.99 Å². The Morgan fingerprint density at radius 3 is 2.29 bits per heavy atom. The summed E-state index contributed by atoms with van der Waals surface area (Å²) in [4.78, 5) is 4.41. The molecule has 0 aliphatic heterocycles. The molecule has 0 aromatic carbocycles. The average molecular weight is 321 g/mol. The lowest BCUT2D eigenvalue weighted by Crippen LogP contribution is -2.44. The molecule has 126 valence electrons. The first-order valence-electron chi connectivity index (χ1n) is 7.60. The van der Waals surface area contributed by atoms with Crippen LogP contribution in [0.3, 0.4) is 0 Å². The summed E-state index contributed by atoms with van der Waals surface area (Å²) in [6.45, 7) is 8.80. The molecule has 0 amide bonds. The normalized spacial score (nSPS) is 14.9. The third-order valence-electron chi connectivity index (χ3n) is 3.50. The van der Waals surface area contributed by atoms with Gasteiger partial charge in [-0.15, -0.1) is 0 Å². The third kappa shape index (κ3) is 9.68. The number of aliphatic hydroxyl groups is 1. The predicted molar refractivity (Wildman–Crippen MR) is 88.4 cm³/mol. The van der Waals surface area contributed by atoms with Crippen molar-refractivity contribution >= 4 is 15.8 Å². The number of sulfone groups is 1. The van der Waals surface area contributed by atoms with Gasteiger partial charge in [0.05, 0.1) is 17.9 Å². The Hall–Kier alpha value is -0.820.